The van der Waals surface area contributed by atoms with Gasteiger partial charge < -0.3 is 5.32 Å². The van der Waals surface area contributed by atoms with Crippen LogP contribution in [-0.2, 0) is 30.6 Å². The molecule has 2 aliphatic carbocycles. The highest BCUT2D eigenvalue weighted by Crippen LogP contribution is 2.30. The van der Waals surface area contributed by atoms with Crippen molar-refractivity contribution < 1.29 is 9.59 Å². The minimum Gasteiger partial charge on any atom is -0.349 e. The smallest absolute Gasteiger partial charge is 0.220 e. The molecule has 1 amide bonds. The molecule has 5 rings (SSSR count). The van der Waals surface area contributed by atoms with Gasteiger partial charge in [0.1, 0.15) is 0 Å². The predicted octanol–water partition coefficient (Wildman–Crippen LogP) is 4.58. The summed E-state index contributed by atoms with van der Waals surface area (Å²) in [7, 11) is 0. The number of benzene rings is 2. The van der Waals surface area contributed by atoms with E-state index in [9.17, 15) is 9.59 Å². The lowest BCUT2D eigenvalue weighted by Crippen LogP contribution is -2.31. The van der Waals surface area contributed by atoms with Crippen molar-refractivity contribution in [3.05, 3.63) is 88.2 Å². The van der Waals surface area contributed by atoms with Crippen molar-refractivity contribution in [2.45, 2.75) is 64.0 Å². The van der Waals surface area contributed by atoms with Crippen LogP contribution in [0.15, 0.2) is 54.7 Å². The van der Waals surface area contributed by atoms with E-state index in [0.29, 0.717) is 0 Å². The molecule has 164 valence electrons. The zero-order valence-corrected chi connectivity index (χ0v) is 18.3. The number of ketones is 1. The molecule has 5 nitrogen and oxygen atoms in total. The molecule has 2 aliphatic rings. The van der Waals surface area contributed by atoms with Crippen LogP contribution < -0.4 is 5.32 Å². The molecule has 32 heavy (non-hydrogen) atoms. The highest BCUT2D eigenvalue weighted by molar-refractivity contribution is 5.98. The molecule has 5 heteroatoms. The van der Waals surface area contributed by atoms with Gasteiger partial charge in [0.25, 0.3) is 0 Å². The maximum atomic E-state index is 12.7. The van der Waals surface area contributed by atoms with Crippen LogP contribution in [0.3, 0.4) is 0 Å². The second-order valence-electron chi connectivity index (χ2n) is 8.96. The van der Waals surface area contributed by atoms with Gasteiger partial charge in [-0.25, -0.2) is 0 Å². The monoisotopic (exact) mass is 427 g/mol. The number of rotatable bonds is 7. The highest BCUT2D eigenvalue weighted by atomic mass is 16.2. The Labute approximate surface area is 188 Å². The molecule has 1 unspecified atom stereocenters. The minimum absolute atomic E-state index is 0.0223. The topological polar surface area (TPSA) is 64.0 Å². The maximum absolute atomic E-state index is 12.7. The van der Waals surface area contributed by atoms with E-state index < -0.39 is 0 Å². The van der Waals surface area contributed by atoms with Gasteiger partial charge in [-0.3, -0.25) is 14.3 Å². The first-order valence-corrected chi connectivity index (χ1v) is 11.7. The Balaban J connectivity index is 1.19. The molecule has 0 aliphatic heterocycles. The summed E-state index contributed by atoms with van der Waals surface area (Å²) in [6.07, 6.45) is 8.61. The predicted molar refractivity (Wildman–Crippen MR) is 124 cm³/mol. The number of nitrogens with one attached hydrogen (secondary N) is 1. The van der Waals surface area contributed by atoms with Crippen LogP contribution >= 0.6 is 0 Å². The number of nitrogens with zero attached hydrogens (tertiary/aromatic N) is 2. The van der Waals surface area contributed by atoms with Crippen molar-refractivity contribution in [1.29, 1.82) is 0 Å². The maximum Gasteiger partial charge on any atom is 0.220 e. The van der Waals surface area contributed by atoms with Crippen molar-refractivity contribution in [3.8, 4) is 0 Å². The Morgan fingerprint density at radius 2 is 1.81 bits per heavy atom. The average molecular weight is 428 g/mol. The molecule has 0 spiro atoms. The molecular weight excluding hydrogens is 398 g/mol. The number of hydrogen-bond donors (Lipinski definition) is 1. The molecule has 0 saturated carbocycles. The minimum atomic E-state index is -0.0619. The van der Waals surface area contributed by atoms with Gasteiger partial charge >= 0.3 is 0 Å². The van der Waals surface area contributed by atoms with Crippen LogP contribution in [0.1, 0.15) is 76.5 Å². The largest absolute Gasteiger partial charge is 0.349 e. The Morgan fingerprint density at radius 3 is 2.69 bits per heavy atom. The number of Topliss-reactive ketones (excluding diaryl/α,β-unsaturated/α-hetero) is 1. The van der Waals surface area contributed by atoms with Crippen LogP contribution in [0.2, 0.25) is 0 Å². The third-order valence-corrected chi connectivity index (χ3v) is 6.77. The number of aromatic nitrogens is 2. The highest BCUT2D eigenvalue weighted by Gasteiger charge is 2.26. The van der Waals surface area contributed by atoms with Gasteiger partial charge in [0.2, 0.25) is 5.91 Å². The Hall–Kier alpha value is -3.21. The van der Waals surface area contributed by atoms with Gasteiger partial charge in [-0.2, -0.15) is 5.10 Å². The average Bonchev–Trinajstić information content (AvgIpc) is 3.45. The Morgan fingerprint density at radius 1 is 0.969 bits per heavy atom. The third-order valence-electron chi connectivity index (χ3n) is 6.77. The fraction of sp³-hybridized carbons (Fsp3) is 0.370. The van der Waals surface area contributed by atoms with Crippen molar-refractivity contribution in [2.75, 3.05) is 0 Å². The number of carbonyl (C=O) groups is 2. The van der Waals surface area contributed by atoms with Crippen molar-refractivity contribution in [1.82, 2.24) is 15.1 Å². The van der Waals surface area contributed by atoms with Crippen molar-refractivity contribution in [3.63, 3.8) is 0 Å². The summed E-state index contributed by atoms with van der Waals surface area (Å²) in [5.41, 5.74) is 6.93. The first-order valence-electron chi connectivity index (χ1n) is 11.7. The van der Waals surface area contributed by atoms with Gasteiger partial charge in [-0.1, -0.05) is 42.5 Å². The summed E-state index contributed by atoms with van der Waals surface area (Å²) in [6, 6.07) is 16.3. The summed E-state index contributed by atoms with van der Waals surface area (Å²) >= 11 is 0. The molecule has 0 radical (unpaired) electrons. The summed E-state index contributed by atoms with van der Waals surface area (Å²) in [6.45, 7) is 0.742. The summed E-state index contributed by atoms with van der Waals surface area (Å²) in [4.78, 5) is 25.3. The van der Waals surface area contributed by atoms with Crippen LogP contribution in [0.5, 0.6) is 0 Å². The molecule has 3 aromatic rings. The van der Waals surface area contributed by atoms with E-state index in [4.69, 9.17) is 0 Å². The number of amides is 1. The Kier molecular flexibility index (Phi) is 5.89. The summed E-state index contributed by atoms with van der Waals surface area (Å²) < 4.78 is 2.06. The van der Waals surface area contributed by atoms with Gasteiger partial charge in [0.05, 0.1) is 18.8 Å². The summed E-state index contributed by atoms with van der Waals surface area (Å²) in [5.74, 6) is -0.0111. The fourth-order valence-electron chi connectivity index (χ4n) is 5.04. The van der Waals surface area contributed by atoms with Gasteiger partial charge in [0, 0.05) is 29.7 Å². The van der Waals surface area contributed by atoms with E-state index >= 15 is 0 Å². The SMILES string of the molecule is O=C(CCC(=O)c1ccc2c(c1)CCC2)NC1CCCc2c1cnn2Cc1ccccc1. The van der Waals surface area contributed by atoms with Crippen molar-refractivity contribution in [2.24, 2.45) is 0 Å². The van der Waals surface area contributed by atoms with Crippen molar-refractivity contribution >= 4 is 11.7 Å². The fourth-order valence-corrected chi connectivity index (χ4v) is 5.04. The number of fused-ring (bicyclic) bond motifs is 2. The third kappa shape index (κ3) is 4.38. The zero-order valence-electron chi connectivity index (χ0n) is 18.3. The van der Waals surface area contributed by atoms with Gasteiger partial charge in [0.15, 0.2) is 5.78 Å². The van der Waals surface area contributed by atoms with Gasteiger partial charge in [-0.05, 0) is 61.3 Å². The molecule has 1 heterocycles. The van der Waals surface area contributed by atoms with E-state index in [2.05, 4.69) is 33.3 Å². The normalized spacial score (nSPS) is 16.9. The second-order valence-corrected chi connectivity index (χ2v) is 8.96. The zero-order chi connectivity index (χ0) is 21.9. The lowest BCUT2D eigenvalue weighted by molar-refractivity contribution is -0.121. The molecule has 2 aromatic carbocycles. The Bertz CT molecular complexity index is 1130. The number of hydrogen-bond acceptors (Lipinski definition) is 3. The molecule has 0 saturated heterocycles. The molecule has 1 aromatic heterocycles. The van der Waals surface area contributed by atoms with E-state index in [1.165, 1.54) is 28.8 Å². The van der Waals surface area contributed by atoms with Crippen LogP contribution in [-0.4, -0.2) is 21.5 Å². The molecule has 0 fully saturated rings. The van der Waals surface area contributed by atoms with Gasteiger partial charge in [-0.15, -0.1) is 0 Å². The van der Waals surface area contributed by atoms with Crippen LogP contribution in [0.4, 0.5) is 0 Å². The van der Waals surface area contributed by atoms with Crippen LogP contribution in [0.25, 0.3) is 0 Å². The molecule has 1 atom stereocenters. The first kappa shape index (κ1) is 20.7. The number of carbonyl (C=O) groups excluding carboxylic acids is 2. The lowest BCUT2D eigenvalue weighted by Gasteiger charge is -2.24. The molecule has 0 bridgehead atoms. The van der Waals surface area contributed by atoms with E-state index in [0.717, 1.165) is 49.8 Å². The first-order chi connectivity index (χ1) is 15.7. The quantitative estimate of drug-likeness (QED) is 0.562. The van der Waals surface area contributed by atoms with Crippen LogP contribution in [0, 0.1) is 0 Å². The van der Waals surface area contributed by atoms with E-state index in [-0.39, 0.29) is 30.6 Å². The second kappa shape index (κ2) is 9.11. The number of aryl methyl sites for hydroxylation is 2. The summed E-state index contributed by atoms with van der Waals surface area (Å²) in [5, 5.41) is 7.76. The standard InChI is InChI=1S/C27H29N3O2/c31-26(22-13-12-20-8-4-9-21(20)16-22)14-15-27(32)29-24-10-5-11-25-23(24)17-28-30(25)18-19-6-2-1-3-7-19/h1-3,6-7,12-13,16-17,24H,4-5,8-11,14-15,18H2,(H,29,32). The van der Waals surface area contributed by atoms with E-state index in [1.54, 1.807) is 0 Å². The molecule has 1 N–H and O–H groups in total. The lowest BCUT2D eigenvalue weighted by atomic mass is 9.92. The molecular formula is C27H29N3O2. The van der Waals surface area contributed by atoms with E-state index in [1.807, 2.05) is 36.5 Å².